The molecule has 3 heteroatoms. The molecule has 3 nitrogen and oxygen atoms in total. The van der Waals surface area contributed by atoms with Crippen molar-refractivity contribution >= 4 is 0 Å². The molecule has 0 rings (SSSR count). The molecule has 0 aliphatic carbocycles. The molecular formula is C14H30O3. The average molecular weight is 246 g/mol. The Bertz CT molecular complexity index is 157. The molecule has 0 aromatic rings. The Hall–Kier alpha value is -0.120. The van der Waals surface area contributed by atoms with Crippen molar-refractivity contribution in [3.8, 4) is 0 Å². The summed E-state index contributed by atoms with van der Waals surface area (Å²) in [4.78, 5) is 0. The van der Waals surface area contributed by atoms with Gasteiger partial charge in [0.15, 0.2) is 0 Å². The van der Waals surface area contributed by atoms with Crippen molar-refractivity contribution in [2.45, 2.75) is 65.6 Å². The van der Waals surface area contributed by atoms with Crippen molar-refractivity contribution in [1.29, 1.82) is 0 Å². The van der Waals surface area contributed by atoms with E-state index in [4.69, 9.17) is 14.2 Å². The van der Waals surface area contributed by atoms with Gasteiger partial charge in [-0.25, -0.2) is 0 Å². The summed E-state index contributed by atoms with van der Waals surface area (Å²) in [5, 5.41) is 0. The van der Waals surface area contributed by atoms with Crippen molar-refractivity contribution in [1.82, 2.24) is 0 Å². The van der Waals surface area contributed by atoms with E-state index >= 15 is 0 Å². The molecule has 0 unspecified atom stereocenters. The molecule has 0 spiro atoms. The molecule has 0 saturated carbocycles. The van der Waals surface area contributed by atoms with E-state index < -0.39 is 0 Å². The molecule has 0 atom stereocenters. The lowest BCUT2D eigenvalue weighted by Gasteiger charge is -2.20. The Morgan fingerprint density at radius 3 is 1.59 bits per heavy atom. The molecule has 0 radical (unpaired) electrons. The topological polar surface area (TPSA) is 27.7 Å². The van der Waals surface area contributed by atoms with Crippen LogP contribution in [0.25, 0.3) is 0 Å². The molecular weight excluding hydrogens is 216 g/mol. The summed E-state index contributed by atoms with van der Waals surface area (Å²) in [6.07, 6.45) is 2.10. The Labute approximate surface area is 107 Å². The van der Waals surface area contributed by atoms with Crippen LogP contribution < -0.4 is 0 Å². The van der Waals surface area contributed by atoms with E-state index in [-0.39, 0.29) is 11.2 Å². The first kappa shape index (κ1) is 16.9. The normalized spacial score (nSPS) is 13.1. The van der Waals surface area contributed by atoms with Crippen LogP contribution in [-0.2, 0) is 14.2 Å². The van der Waals surface area contributed by atoms with E-state index in [9.17, 15) is 0 Å². The Morgan fingerprint density at radius 1 is 0.588 bits per heavy atom. The highest BCUT2D eigenvalue weighted by Crippen LogP contribution is 2.08. The number of rotatable bonds is 8. The molecule has 0 amide bonds. The van der Waals surface area contributed by atoms with Gasteiger partial charge in [-0.1, -0.05) is 0 Å². The molecule has 0 bridgehead atoms. The second-order valence-electron chi connectivity index (χ2n) is 6.24. The second kappa shape index (κ2) is 8.06. The molecule has 0 heterocycles. The second-order valence-corrected chi connectivity index (χ2v) is 6.24. The molecule has 17 heavy (non-hydrogen) atoms. The highest BCUT2D eigenvalue weighted by molar-refractivity contribution is 4.59. The highest BCUT2D eigenvalue weighted by atomic mass is 16.5. The maximum absolute atomic E-state index is 5.62. The van der Waals surface area contributed by atoms with Crippen LogP contribution in [0, 0.1) is 0 Å². The van der Waals surface area contributed by atoms with Crippen LogP contribution in [0.5, 0.6) is 0 Å². The van der Waals surface area contributed by atoms with Gasteiger partial charge in [-0.3, -0.25) is 0 Å². The SMILES string of the molecule is CC(C)(C)OCCCCOCCOC(C)(C)C. The standard InChI is InChI=1S/C14H30O3/c1-13(2,3)16-10-8-7-9-15-11-12-17-14(4,5)6/h7-12H2,1-6H3. The summed E-state index contributed by atoms with van der Waals surface area (Å²) < 4.78 is 16.7. The van der Waals surface area contributed by atoms with E-state index in [1.807, 2.05) is 0 Å². The van der Waals surface area contributed by atoms with E-state index in [0.717, 1.165) is 26.1 Å². The molecule has 0 aromatic heterocycles. The maximum Gasteiger partial charge on any atom is 0.0707 e. The molecule has 0 N–H and O–H groups in total. The third kappa shape index (κ3) is 15.9. The third-order valence-corrected chi connectivity index (χ3v) is 1.98. The molecule has 0 aliphatic rings. The molecule has 0 aliphatic heterocycles. The number of ether oxygens (including phenoxy) is 3. The van der Waals surface area contributed by atoms with Gasteiger partial charge in [-0.2, -0.15) is 0 Å². The van der Waals surface area contributed by atoms with Gasteiger partial charge < -0.3 is 14.2 Å². The van der Waals surface area contributed by atoms with Crippen LogP contribution in [0.15, 0.2) is 0 Å². The van der Waals surface area contributed by atoms with E-state index in [1.165, 1.54) is 0 Å². The highest BCUT2D eigenvalue weighted by Gasteiger charge is 2.09. The lowest BCUT2D eigenvalue weighted by molar-refractivity contribution is -0.0373. The zero-order chi connectivity index (χ0) is 13.4. The van der Waals surface area contributed by atoms with E-state index in [2.05, 4.69) is 41.5 Å². The smallest absolute Gasteiger partial charge is 0.0707 e. The van der Waals surface area contributed by atoms with E-state index in [0.29, 0.717) is 13.2 Å². The predicted molar refractivity (Wildman–Crippen MR) is 71.5 cm³/mol. The van der Waals surface area contributed by atoms with Crippen LogP contribution >= 0.6 is 0 Å². The number of unbranched alkanes of at least 4 members (excludes halogenated alkanes) is 1. The maximum atomic E-state index is 5.62. The van der Waals surface area contributed by atoms with Crippen molar-refractivity contribution in [3.63, 3.8) is 0 Å². The van der Waals surface area contributed by atoms with Crippen molar-refractivity contribution in [3.05, 3.63) is 0 Å². The lowest BCUT2D eigenvalue weighted by Crippen LogP contribution is -2.22. The lowest BCUT2D eigenvalue weighted by atomic mass is 10.2. The molecule has 104 valence electrons. The minimum Gasteiger partial charge on any atom is -0.379 e. The zero-order valence-corrected chi connectivity index (χ0v) is 12.5. The average Bonchev–Trinajstić information content (AvgIpc) is 2.11. The van der Waals surface area contributed by atoms with Gasteiger partial charge in [-0.05, 0) is 54.4 Å². The molecule has 0 saturated heterocycles. The quantitative estimate of drug-likeness (QED) is 0.614. The van der Waals surface area contributed by atoms with Crippen molar-refractivity contribution < 1.29 is 14.2 Å². The van der Waals surface area contributed by atoms with Crippen LogP contribution in [0.3, 0.4) is 0 Å². The summed E-state index contributed by atoms with van der Waals surface area (Å²) >= 11 is 0. The monoisotopic (exact) mass is 246 g/mol. The minimum atomic E-state index is -0.0656. The van der Waals surface area contributed by atoms with Gasteiger partial charge in [0, 0.05) is 13.2 Å². The van der Waals surface area contributed by atoms with Gasteiger partial charge >= 0.3 is 0 Å². The minimum absolute atomic E-state index is 0.0264. The van der Waals surface area contributed by atoms with Gasteiger partial charge in [0.2, 0.25) is 0 Å². The van der Waals surface area contributed by atoms with Crippen molar-refractivity contribution in [2.24, 2.45) is 0 Å². The Morgan fingerprint density at radius 2 is 1.06 bits per heavy atom. The molecule has 0 fully saturated rings. The summed E-state index contributed by atoms with van der Waals surface area (Å²) in [7, 11) is 0. The van der Waals surface area contributed by atoms with Crippen LogP contribution in [-0.4, -0.2) is 37.6 Å². The van der Waals surface area contributed by atoms with Gasteiger partial charge in [0.05, 0.1) is 24.4 Å². The first-order valence-corrected chi connectivity index (χ1v) is 6.56. The van der Waals surface area contributed by atoms with Crippen LogP contribution in [0.2, 0.25) is 0 Å². The Balaban J connectivity index is 3.15. The molecule has 0 aromatic carbocycles. The number of hydrogen-bond acceptors (Lipinski definition) is 3. The summed E-state index contributed by atoms with van der Waals surface area (Å²) in [6.45, 7) is 15.3. The van der Waals surface area contributed by atoms with Gasteiger partial charge in [0.25, 0.3) is 0 Å². The van der Waals surface area contributed by atoms with E-state index in [1.54, 1.807) is 0 Å². The fraction of sp³-hybridized carbons (Fsp3) is 1.00. The first-order chi connectivity index (χ1) is 7.71. The first-order valence-electron chi connectivity index (χ1n) is 6.56. The third-order valence-electron chi connectivity index (χ3n) is 1.98. The summed E-state index contributed by atoms with van der Waals surface area (Å²) in [5.74, 6) is 0. The largest absolute Gasteiger partial charge is 0.379 e. The Kier molecular flexibility index (Phi) is 8.01. The van der Waals surface area contributed by atoms with Crippen LogP contribution in [0.4, 0.5) is 0 Å². The number of hydrogen-bond donors (Lipinski definition) is 0. The fourth-order valence-corrected chi connectivity index (χ4v) is 1.19. The predicted octanol–water partition coefficient (Wildman–Crippen LogP) is 3.41. The van der Waals surface area contributed by atoms with Crippen LogP contribution in [0.1, 0.15) is 54.4 Å². The van der Waals surface area contributed by atoms with Gasteiger partial charge in [0.1, 0.15) is 0 Å². The summed E-state index contributed by atoms with van der Waals surface area (Å²) in [5.41, 5.74) is -0.0920. The van der Waals surface area contributed by atoms with Gasteiger partial charge in [-0.15, -0.1) is 0 Å². The van der Waals surface area contributed by atoms with Crippen molar-refractivity contribution in [2.75, 3.05) is 26.4 Å². The summed E-state index contributed by atoms with van der Waals surface area (Å²) in [6, 6.07) is 0. The zero-order valence-electron chi connectivity index (χ0n) is 12.5. The fourth-order valence-electron chi connectivity index (χ4n) is 1.19.